The van der Waals surface area contributed by atoms with E-state index in [0.29, 0.717) is 25.8 Å². The van der Waals surface area contributed by atoms with Crippen molar-refractivity contribution in [2.24, 2.45) is 11.7 Å². The predicted octanol–water partition coefficient (Wildman–Crippen LogP) is 2.80. The Labute approximate surface area is 192 Å². The minimum absolute atomic E-state index is 0.102. The summed E-state index contributed by atoms with van der Waals surface area (Å²) in [4.78, 5) is 36.8. The van der Waals surface area contributed by atoms with Gasteiger partial charge in [0, 0.05) is 12.6 Å². The summed E-state index contributed by atoms with van der Waals surface area (Å²) < 4.78 is 26.8. The summed E-state index contributed by atoms with van der Waals surface area (Å²) in [6.45, 7) is 0.326. The van der Waals surface area contributed by atoms with E-state index < -0.39 is 41.6 Å². The quantitative estimate of drug-likeness (QED) is 0.301. The highest BCUT2D eigenvalue weighted by Gasteiger charge is 2.27. The zero-order valence-corrected chi connectivity index (χ0v) is 18.7. The van der Waals surface area contributed by atoms with Crippen LogP contribution in [0.3, 0.4) is 0 Å². The van der Waals surface area contributed by atoms with Crippen LogP contribution in [0.1, 0.15) is 63.4 Å². The van der Waals surface area contributed by atoms with Crippen LogP contribution in [0.25, 0.3) is 0 Å². The molecule has 6 N–H and O–H groups in total. The number of aliphatic carboxylic acids is 1. The standard InChI is InChI=1S/C23H34F2N4O4/c24-17-10-16(11-18(25)13-17)14-27-21(30)20(12-15-6-2-1-3-7-15)29-23(33)28-19(22(31)32)8-4-5-9-26/h10-11,13,15,19-20H,1-9,12,14,26H2,(H,27,30)(H,31,32)(H2,28,29,33)/t19?,20-/m1/s1. The van der Waals surface area contributed by atoms with Gasteiger partial charge in [-0.1, -0.05) is 32.1 Å². The van der Waals surface area contributed by atoms with Gasteiger partial charge in [0.25, 0.3) is 0 Å². The van der Waals surface area contributed by atoms with Gasteiger partial charge in [-0.05, 0) is 55.8 Å². The van der Waals surface area contributed by atoms with Crippen LogP contribution in [0.15, 0.2) is 18.2 Å². The molecule has 1 saturated carbocycles. The molecule has 1 aliphatic carbocycles. The van der Waals surface area contributed by atoms with E-state index in [1.54, 1.807) is 0 Å². The van der Waals surface area contributed by atoms with Gasteiger partial charge >= 0.3 is 12.0 Å². The van der Waals surface area contributed by atoms with Gasteiger partial charge in [-0.3, -0.25) is 4.79 Å². The molecule has 3 amide bonds. The van der Waals surface area contributed by atoms with E-state index in [4.69, 9.17) is 5.73 Å². The van der Waals surface area contributed by atoms with Crippen LogP contribution in [0.5, 0.6) is 0 Å². The first-order chi connectivity index (χ1) is 15.8. The Kier molecular flexibility index (Phi) is 11.0. The number of halogens is 2. The lowest BCUT2D eigenvalue weighted by atomic mass is 9.84. The summed E-state index contributed by atoms with van der Waals surface area (Å²) in [5, 5.41) is 17.0. The minimum atomic E-state index is -1.16. The molecular weight excluding hydrogens is 434 g/mol. The van der Waals surface area contributed by atoms with Crippen molar-refractivity contribution in [2.45, 2.75) is 76.4 Å². The fourth-order valence-electron chi connectivity index (χ4n) is 4.12. The molecule has 184 valence electrons. The van der Waals surface area contributed by atoms with Crippen LogP contribution in [0, 0.1) is 17.6 Å². The van der Waals surface area contributed by atoms with Gasteiger partial charge < -0.3 is 26.8 Å². The van der Waals surface area contributed by atoms with Crippen LogP contribution in [0.4, 0.5) is 13.6 Å². The molecule has 2 rings (SSSR count). The number of hydrogen-bond acceptors (Lipinski definition) is 4. The number of urea groups is 1. The number of hydrogen-bond donors (Lipinski definition) is 5. The SMILES string of the molecule is NCCCCC(NC(=O)N[C@H](CC1CCCCC1)C(=O)NCc1cc(F)cc(F)c1)C(=O)O. The summed E-state index contributed by atoms with van der Waals surface area (Å²) in [5.74, 6) is -2.89. The first-order valence-corrected chi connectivity index (χ1v) is 11.5. The lowest BCUT2D eigenvalue weighted by Crippen LogP contribution is -2.53. The van der Waals surface area contributed by atoms with Gasteiger partial charge in [0.05, 0.1) is 0 Å². The molecule has 1 aromatic carbocycles. The molecule has 2 atom stereocenters. The van der Waals surface area contributed by atoms with Crippen molar-refractivity contribution in [1.82, 2.24) is 16.0 Å². The maximum absolute atomic E-state index is 13.4. The number of carbonyl (C=O) groups excluding carboxylic acids is 2. The number of amides is 3. The second-order valence-corrected chi connectivity index (χ2v) is 8.58. The topological polar surface area (TPSA) is 134 Å². The Bertz CT molecular complexity index is 782. The third kappa shape index (κ3) is 9.73. The molecule has 1 aliphatic rings. The highest BCUT2D eigenvalue weighted by Crippen LogP contribution is 2.27. The zero-order valence-electron chi connectivity index (χ0n) is 18.7. The maximum Gasteiger partial charge on any atom is 0.326 e. The molecule has 0 aliphatic heterocycles. The summed E-state index contributed by atoms with van der Waals surface area (Å²) in [6, 6.07) is 0.255. The average Bonchev–Trinajstić information content (AvgIpc) is 2.76. The Balaban J connectivity index is 2.01. The summed E-state index contributed by atoms with van der Waals surface area (Å²) in [5.41, 5.74) is 5.69. The summed E-state index contributed by atoms with van der Waals surface area (Å²) in [7, 11) is 0. The van der Waals surface area contributed by atoms with Crippen LogP contribution in [-0.2, 0) is 16.1 Å². The van der Waals surface area contributed by atoms with Gasteiger partial charge in [-0.25, -0.2) is 18.4 Å². The highest BCUT2D eigenvalue weighted by atomic mass is 19.1. The van der Waals surface area contributed by atoms with E-state index in [1.165, 1.54) is 0 Å². The van der Waals surface area contributed by atoms with Crippen molar-refractivity contribution in [1.29, 1.82) is 0 Å². The molecule has 1 aromatic rings. The monoisotopic (exact) mass is 468 g/mol. The van der Waals surface area contributed by atoms with E-state index in [9.17, 15) is 28.3 Å². The van der Waals surface area contributed by atoms with Crippen molar-refractivity contribution in [2.75, 3.05) is 6.54 Å². The predicted molar refractivity (Wildman–Crippen MR) is 119 cm³/mol. The molecule has 0 spiro atoms. The number of carbonyl (C=O) groups is 3. The van der Waals surface area contributed by atoms with Crippen LogP contribution >= 0.6 is 0 Å². The van der Waals surface area contributed by atoms with Crippen LogP contribution in [0.2, 0.25) is 0 Å². The molecule has 0 radical (unpaired) electrons. The second-order valence-electron chi connectivity index (χ2n) is 8.58. The smallest absolute Gasteiger partial charge is 0.326 e. The number of rotatable bonds is 12. The van der Waals surface area contributed by atoms with E-state index in [0.717, 1.165) is 50.3 Å². The lowest BCUT2D eigenvalue weighted by molar-refractivity contribution is -0.139. The van der Waals surface area contributed by atoms with E-state index in [2.05, 4.69) is 16.0 Å². The van der Waals surface area contributed by atoms with Crippen LogP contribution < -0.4 is 21.7 Å². The van der Waals surface area contributed by atoms with E-state index >= 15 is 0 Å². The van der Waals surface area contributed by atoms with Crippen molar-refractivity contribution in [3.05, 3.63) is 35.4 Å². The lowest BCUT2D eigenvalue weighted by Gasteiger charge is -2.27. The summed E-state index contributed by atoms with van der Waals surface area (Å²) in [6.07, 6.45) is 6.94. The first-order valence-electron chi connectivity index (χ1n) is 11.5. The number of nitrogens with two attached hydrogens (primary N) is 1. The molecule has 0 bridgehead atoms. The van der Waals surface area contributed by atoms with Crippen molar-refractivity contribution < 1.29 is 28.3 Å². The highest BCUT2D eigenvalue weighted by molar-refractivity contribution is 5.88. The molecule has 10 heteroatoms. The van der Waals surface area contributed by atoms with E-state index in [-0.39, 0.29) is 24.4 Å². The molecule has 0 aromatic heterocycles. The van der Waals surface area contributed by atoms with Crippen molar-refractivity contribution in [3.63, 3.8) is 0 Å². The Morgan fingerprint density at radius 1 is 1.00 bits per heavy atom. The van der Waals surface area contributed by atoms with Crippen molar-refractivity contribution >= 4 is 17.9 Å². The first kappa shape index (κ1) is 26.5. The Morgan fingerprint density at radius 3 is 2.24 bits per heavy atom. The Morgan fingerprint density at radius 2 is 1.64 bits per heavy atom. The third-order valence-electron chi connectivity index (χ3n) is 5.86. The molecule has 1 fully saturated rings. The van der Waals surface area contributed by atoms with Gasteiger partial charge in [0.1, 0.15) is 23.7 Å². The second kappa shape index (κ2) is 13.7. The zero-order chi connectivity index (χ0) is 24.2. The average molecular weight is 469 g/mol. The van der Waals surface area contributed by atoms with Crippen LogP contribution in [-0.4, -0.2) is 41.6 Å². The van der Waals surface area contributed by atoms with Gasteiger partial charge in [-0.2, -0.15) is 0 Å². The van der Waals surface area contributed by atoms with Gasteiger partial charge in [0.2, 0.25) is 5.91 Å². The number of unbranched alkanes of at least 4 members (excludes halogenated alkanes) is 1. The summed E-state index contributed by atoms with van der Waals surface area (Å²) >= 11 is 0. The largest absolute Gasteiger partial charge is 0.480 e. The van der Waals surface area contributed by atoms with Crippen molar-refractivity contribution in [3.8, 4) is 0 Å². The third-order valence-corrected chi connectivity index (χ3v) is 5.86. The Hall–Kier alpha value is -2.75. The number of nitrogens with one attached hydrogen (secondary N) is 3. The molecular formula is C23H34F2N4O4. The molecule has 8 nitrogen and oxygen atoms in total. The number of benzene rings is 1. The number of carboxylic acid groups (broad SMARTS) is 1. The molecule has 0 heterocycles. The van der Waals surface area contributed by atoms with Gasteiger partial charge in [-0.15, -0.1) is 0 Å². The fourth-order valence-corrected chi connectivity index (χ4v) is 4.12. The molecule has 33 heavy (non-hydrogen) atoms. The molecule has 1 unspecified atom stereocenters. The number of carboxylic acids is 1. The molecule has 0 saturated heterocycles. The van der Waals surface area contributed by atoms with Gasteiger partial charge in [0.15, 0.2) is 0 Å². The normalized spacial score (nSPS) is 16.0. The van der Waals surface area contributed by atoms with E-state index in [1.807, 2.05) is 0 Å². The fraction of sp³-hybridized carbons (Fsp3) is 0.609. The minimum Gasteiger partial charge on any atom is -0.480 e. The maximum atomic E-state index is 13.4.